The van der Waals surface area contributed by atoms with Crippen LogP contribution in [-0.2, 0) is 0 Å². The molecule has 0 bridgehead atoms. The van der Waals surface area contributed by atoms with Crippen molar-refractivity contribution in [2.24, 2.45) is 10.9 Å². The molecule has 1 N–H and O–H groups in total. The molecule has 0 aliphatic carbocycles. The fourth-order valence-electron chi connectivity index (χ4n) is 3.92. The van der Waals surface area contributed by atoms with Gasteiger partial charge in [-0.15, -0.1) is 0 Å². The summed E-state index contributed by atoms with van der Waals surface area (Å²) in [6.07, 6.45) is 6.11. The van der Waals surface area contributed by atoms with Crippen LogP contribution in [0.15, 0.2) is 35.6 Å². The van der Waals surface area contributed by atoms with Gasteiger partial charge in [-0.2, -0.15) is 0 Å². The van der Waals surface area contributed by atoms with Gasteiger partial charge < -0.3 is 10.0 Å². The molecule has 6 nitrogen and oxygen atoms in total. The van der Waals surface area contributed by atoms with Crippen LogP contribution in [0.5, 0.6) is 0 Å². The lowest BCUT2D eigenvalue weighted by Crippen LogP contribution is -2.47. The second-order valence-corrected chi connectivity index (χ2v) is 9.47. The van der Waals surface area contributed by atoms with Gasteiger partial charge in [0, 0.05) is 62.6 Å². The minimum atomic E-state index is -0.510. The van der Waals surface area contributed by atoms with Crippen molar-refractivity contribution in [2.45, 2.75) is 32.9 Å². The van der Waals surface area contributed by atoms with Gasteiger partial charge in [-0.3, -0.25) is 9.89 Å². The van der Waals surface area contributed by atoms with Crippen LogP contribution in [0.25, 0.3) is 0 Å². The highest BCUT2D eigenvalue weighted by Crippen LogP contribution is 2.29. The average Bonchev–Trinajstić information content (AvgIpc) is 2.78. The number of anilines is 1. The second kappa shape index (κ2) is 8.86. The molecule has 0 radical (unpaired) electrons. The van der Waals surface area contributed by atoms with Gasteiger partial charge >= 0.3 is 0 Å². The molecular weight excluding hydrogens is 381 g/mol. The molecule has 1 fully saturated rings. The smallest absolute Gasteiger partial charge is 0.225 e. The van der Waals surface area contributed by atoms with E-state index in [1.807, 2.05) is 20.1 Å². The second-order valence-electron chi connectivity index (χ2n) is 8.17. The Morgan fingerprint density at radius 1 is 1.00 bits per heavy atom. The van der Waals surface area contributed by atoms with Crippen LogP contribution < -0.4 is 10.2 Å². The number of aliphatic imine (C=N–C) groups is 1. The van der Waals surface area contributed by atoms with E-state index in [0.717, 1.165) is 58.1 Å². The molecule has 4 rings (SSSR count). The molecule has 154 valence electrons. The maximum Gasteiger partial charge on any atom is 0.225 e. The van der Waals surface area contributed by atoms with Crippen LogP contribution in [0.4, 0.5) is 11.6 Å². The molecule has 2 aromatic rings. The Bertz CT molecular complexity index is 862. The summed E-state index contributed by atoms with van der Waals surface area (Å²) in [6.45, 7) is 10.1. The third-order valence-electron chi connectivity index (χ3n) is 5.89. The van der Waals surface area contributed by atoms with Crippen molar-refractivity contribution in [1.82, 2.24) is 14.9 Å². The average molecular weight is 411 g/mol. The zero-order chi connectivity index (χ0) is 20.4. The largest absolute Gasteiger partial charge is 0.388 e. The van der Waals surface area contributed by atoms with Gasteiger partial charge in [-0.25, -0.2) is 9.97 Å². The van der Waals surface area contributed by atoms with Crippen LogP contribution in [0.2, 0.25) is 0 Å². The number of hydrogen-bond acceptors (Lipinski definition) is 6. The molecule has 7 heteroatoms. The van der Waals surface area contributed by atoms with E-state index in [9.17, 15) is 5.11 Å². The summed E-state index contributed by atoms with van der Waals surface area (Å²) >= 11 is 0. The molecule has 2 aliphatic rings. The van der Waals surface area contributed by atoms with E-state index in [2.05, 4.69) is 49.9 Å². The van der Waals surface area contributed by atoms with Gasteiger partial charge in [0.25, 0.3) is 0 Å². The van der Waals surface area contributed by atoms with Crippen LogP contribution in [0.1, 0.15) is 44.0 Å². The Kier molecular flexibility index (Phi) is 6.23. The number of nitrogens with zero attached hydrogens (tertiary/aromatic N) is 5. The molecule has 1 aromatic heterocycles. The first-order chi connectivity index (χ1) is 14.0. The first-order valence-corrected chi connectivity index (χ1v) is 11.6. The highest BCUT2D eigenvalue weighted by Gasteiger charge is 2.24. The normalized spacial score (nSPS) is 20.1. The Balaban J connectivity index is 1.37. The van der Waals surface area contributed by atoms with E-state index in [4.69, 9.17) is 0 Å². The summed E-state index contributed by atoms with van der Waals surface area (Å²) < 4.78 is 0. The van der Waals surface area contributed by atoms with Crippen LogP contribution in [-0.4, -0.2) is 58.5 Å². The molecule has 0 amide bonds. The number of piperazine rings is 1. The van der Waals surface area contributed by atoms with E-state index in [0.29, 0.717) is 6.04 Å². The highest BCUT2D eigenvalue weighted by atomic mass is 31.1. The van der Waals surface area contributed by atoms with E-state index >= 15 is 0 Å². The van der Waals surface area contributed by atoms with Crippen LogP contribution >= 0.6 is 8.58 Å². The van der Waals surface area contributed by atoms with Gasteiger partial charge in [0.15, 0.2) is 0 Å². The van der Waals surface area contributed by atoms with Crippen molar-refractivity contribution >= 4 is 31.7 Å². The first-order valence-electron chi connectivity index (χ1n) is 10.4. The number of rotatable bonds is 5. The molecule has 3 heterocycles. The Hall–Kier alpha value is -1.88. The minimum absolute atomic E-state index is 0.158. The third-order valence-corrected chi connectivity index (χ3v) is 7.06. The number of aliphatic hydroxyl groups is 1. The van der Waals surface area contributed by atoms with Gasteiger partial charge in [0.1, 0.15) is 0 Å². The van der Waals surface area contributed by atoms with Crippen molar-refractivity contribution in [3.8, 4) is 0 Å². The van der Waals surface area contributed by atoms with Crippen molar-refractivity contribution in [3.63, 3.8) is 0 Å². The monoisotopic (exact) mass is 411 g/mol. The molecule has 3 unspecified atom stereocenters. The number of benzene rings is 1. The number of aromatic nitrogens is 2. The summed E-state index contributed by atoms with van der Waals surface area (Å²) in [5, 5.41) is 11.6. The van der Waals surface area contributed by atoms with E-state index in [1.54, 1.807) is 12.4 Å². The number of fused-ring (bicyclic) bond motifs is 1. The van der Waals surface area contributed by atoms with Crippen LogP contribution in [0, 0.1) is 5.92 Å². The first kappa shape index (κ1) is 20.4. The van der Waals surface area contributed by atoms with E-state index in [1.165, 1.54) is 10.9 Å². The summed E-state index contributed by atoms with van der Waals surface area (Å²) in [4.78, 5) is 18.3. The summed E-state index contributed by atoms with van der Waals surface area (Å²) in [7, 11) is 0.833. The van der Waals surface area contributed by atoms with Crippen LogP contribution in [0.3, 0.4) is 0 Å². The van der Waals surface area contributed by atoms with Crippen molar-refractivity contribution in [3.05, 3.63) is 41.7 Å². The van der Waals surface area contributed by atoms with E-state index < -0.39 is 6.10 Å². The number of aliphatic hydroxyl groups excluding tert-OH is 1. The fourth-order valence-corrected chi connectivity index (χ4v) is 4.92. The molecule has 0 saturated carbocycles. The van der Waals surface area contributed by atoms with Gasteiger partial charge in [0.2, 0.25) is 5.95 Å². The summed E-state index contributed by atoms with van der Waals surface area (Å²) in [5.41, 5.74) is 3.30. The quantitative estimate of drug-likeness (QED) is 0.766. The Morgan fingerprint density at radius 2 is 1.72 bits per heavy atom. The Morgan fingerprint density at radius 3 is 2.41 bits per heavy atom. The molecular formula is C22H30N5OP. The predicted octanol–water partition coefficient (Wildman–Crippen LogP) is 3.07. The molecule has 1 saturated heterocycles. The lowest BCUT2D eigenvalue weighted by atomic mass is 10.0. The molecule has 29 heavy (non-hydrogen) atoms. The van der Waals surface area contributed by atoms with Gasteiger partial charge in [0.05, 0.1) is 11.8 Å². The topological polar surface area (TPSA) is 64.9 Å². The lowest BCUT2D eigenvalue weighted by Gasteiger charge is -2.38. The molecule has 0 spiro atoms. The standard InChI is InChI=1S/C22H30N5OP/c1-15(2)21(28)18-13-24-22(25-14-18)27-9-7-26(8-10-27)16(3)17-4-5-19-20(12-17)29-11-6-23-19/h4-6,12-16,21,28-29H,7-11H2,1-3H3. The zero-order valence-corrected chi connectivity index (χ0v) is 18.4. The summed E-state index contributed by atoms with van der Waals surface area (Å²) in [5.74, 6) is 0.912. The maximum absolute atomic E-state index is 10.2. The van der Waals surface area contributed by atoms with E-state index in [-0.39, 0.29) is 5.92 Å². The Labute approximate surface area is 174 Å². The fraction of sp³-hybridized carbons (Fsp3) is 0.500. The lowest BCUT2D eigenvalue weighted by molar-refractivity contribution is 0.126. The minimum Gasteiger partial charge on any atom is -0.388 e. The SMILES string of the molecule is CC(C)C(O)c1cnc(N2CCN(C(C)c3ccc4c(c3)PCC=N4)CC2)nc1. The third kappa shape index (κ3) is 4.50. The number of hydrogen-bond donors (Lipinski definition) is 1. The van der Waals surface area contributed by atoms with Crippen molar-refractivity contribution < 1.29 is 5.11 Å². The van der Waals surface area contributed by atoms with Gasteiger partial charge in [-0.05, 0) is 35.8 Å². The molecule has 1 aromatic carbocycles. The highest BCUT2D eigenvalue weighted by molar-refractivity contribution is 7.48. The summed E-state index contributed by atoms with van der Waals surface area (Å²) in [6, 6.07) is 7.14. The zero-order valence-electron chi connectivity index (χ0n) is 17.4. The molecule has 3 atom stereocenters. The molecule has 2 aliphatic heterocycles. The van der Waals surface area contributed by atoms with Crippen molar-refractivity contribution in [1.29, 1.82) is 0 Å². The van der Waals surface area contributed by atoms with Gasteiger partial charge in [-0.1, -0.05) is 28.5 Å². The van der Waals surface area contributed by atoms with Crippen molar-refractivity contribution in [2.75, 3.05) is 37.2 Å². The predicted molar refractivity (Wildman–Crippen MR) is 121 cm³/mol. The maximum atomic E-state index is 10.2.